The number of hydrogen-bond acceptors (Lipinski definition) is 3. The van der Waals surface area contributed by atoms with E-state index in [4.69, 9.17) is 5.11 Å². The fourth-order valence-electron chi connectivity index (χ4n) is 1.46. The average molecular weight is 208 g/mol. The van der Waals surface area contributed by atoms with Gasteiger partial charge in [-0.1, -0.05) is 0 Å². The van der Waals surface area contributed by atoms with Crippen LogP contribution in [0.5, 0.6) is 0 Å². The summed E-state index contributed by atoms with van der Waals surface area (Å²) in [6, 6.07) is 0. The molecule has 1 aliphatic rings. The number of carbonyl (C=O) groups is 2. The zero-order valence-corrected chi connectivity index (χ0v) is 7.30. The number of aliphatic carboxylic acids is 1. The molecule has 0 aromatic carbocycles. The Morgan fingerprint density at radius 3 is 2.14 bits per heavy atom. The fourth-order valence-corrected chi connectivity index (χ4v) is 1.46. The van der Waals surface area contributed by atoms with Crippen molar-refractivity contribution in [3.63, 3.8) is 0 Å². The smallest absolute Gasteiger partial charge is 0.377 e. The summed E-state index contributed by atoms with van der Waals surface area (Å²) < 4.78 is 26.0. The lowest BCUT2D eigenvalue weighted by Gasteiger charge is -2.35. The second-order valence-corrected chi connectivity index (χ2v) is 3.45. The summed E-state index contributed by atoms with van der Waals surface area (Å²) in [5.74, 6) is -6.77. The van der Waals surface area contributed by atoms with E-state index in [1.807, 2.05) is 0 Å². The Labute approximate surface area is 78.5 Å². The van der Waals surface area contributed by atoms with E-state index in [-0.39, 0.29) is 18.6 Å². The molecule has 0 atom stereocenters. The number of rotatable bonds is 2. The molecule has 0 amide bonds. The van der Waals surface area contributed by atoms with Gasteiger partial charge in [-0.3, -0.25) is 4.79 Å². The highest BCUT2D eigenvalue weighted by molar-refractivity contribution is 5.81. The van der Waals surface area contributed by atoms with Gasteiger partial charge >= 0.3 is 11.9 Å². The zero-order valence-electron chi connectivity index (χ0n) is 7.30. The van der Waals surface area contributed by atoms with E-state index in [2.05, 4.69) is 0 Å². The SMILES string of the molecule is O=C1CCC(O)(C(F)(F)C(=O)O)CC1. The van der Waals surface area contributed by atoms with Gasteiger partial charge in [0, 0.05) is 12.8 Å². The number of aliphatic hydroxyl groups is 1. The molecule has 1 saturated carbocycles. The molecule has 80 valence electrons. The normalized spacial score (nSPS) is 22.1. The van der Waals surface area contributed by atoms with Gasteiger partial charge in [0.15, 0.2) is 0 Å². The van der Waals surface area contributed by atoms with Crippen LogP contribution >= 0.6 is 0 Å². The Kier molecular flexibility index (Phi) is 2.58. The molecule has 14 heavy (non-hydrogen) atoms. The second-order valence-electron chi connectivity index (χ2n) is 3.45. The highest BCUT2D eigenvalue weighted by atomic mass is 19.3. The third-order valence-electron chi connectivity index (χ3n) is 2.49. The van der Waals surface area contributed by atoms with Crippen molar-refractivity contribution in [1.82, 2.24) is 0 Å². The fraction of sp³-hybridized carbons (Fsp3) is 0.750. The molecule has 1 rings (SSSR count). The molecule has 6 heteroatoms. The van der Waals surface area contributed by atoms with Crippen molar-refractivity contribution in [1.29, 1.82) is 0 Å². The zero-order chi connectivity index (χ0) is 11.0. The molecule has 0 aromatic rings. The molecule has 0 aliphatic heterocycles. The summed E-state index contributed by atoms with van der Waals surface area (Å²) in [6.45, 7) is 0. The van der Waals surface area contributed by atoms with Gasteiger partial charge in [-0.2, -0.15) is 8.78 Å². The highest BCUT2D eigenvalue weighted by Crippen LogP contribution is 2.39. The molecule has 0 radical (unpaired) electrons. The van der Waals surface area contributed by atoms with Gasteiger partial charge in [0.05, 0.1) is 0 Å². The maximum absolute atomic E-state index is 13.0. The lowest BCUT2D eigenvalue weighted by Crippen LogP contribution is -2.55. The first-order valence-corrected chi connectivity index (χ1v) is 4.15. The van der Waals surface area contributed by atoms with E-state index in [0.717, 1.165) is 0 Å². The average Bonchev–Trinajstić information content (AvgIpc) is 2.10. The predicted molar refractivity (Wildman–Crippen MR) is 41.0 cm³/mol. The van der Waals surface area contributed by atoms with Crippen LogP contribution in [-0.4, -0.2) is 33.5 Å². The standard InChI is InChI=1S/C8H10F2O4/c9-8(10,6(12)13)7(14)3-1-5(11)2-4-7/h14H,1-4H2,(H,12,13). The van der Waals surface area contributed by atoms with Gasteiger partial charge < -0.3 is 10.2 Å². The van der Waals surface area contributed by atoms with Gasteiger partial charge in [0.25, 0.3) is 0 Å². The van der Waals surface area contributed by atoms with Crippen LogP contribution in [0.25, 0.3) is 0 Å². The van der Waals surface area contributed by atoms with Crippen LogP contribution in [-0.2, 0) is 9.59 Å². The summed E-state index contributed by atoms with van der Waals surface area (Å²) >= 11 is 0. The van der Waals surface area contributed by atoms with Crippen molar-refractivity contribution in [3.8, 4) is 0 Å². The van der Waals surface area contributed by atoms with E-state index in [1.54, 1.807) is 0 Å². The van der Waals surface area contributed by atoms with Crippen LogP contribution in [0.1, 0.15) is 25.7 Å². The van der Waals surface area contributed by atoms with E-state index < -0.39 is 30.3 Å². The summed E-state index contributed by atoms with van der Waals surface area (Å²) in [5, 5.41) is 17.6. The Morgan fingerprint density at radius 2 is 1.79 bits per heavy atom. The molecule has 1 aliphatic carbocycles. The summed E-state index contributed by atoms with van der Waals surface area (Å²) in [7, 11) is 0. The minimum Gasteiger partial charge on any atom is -0.477 e. The van der Waals surface area contributed by atoms with Crippen LogP contribution < -0.4 is 0 Å². The van der Waals surface area contributed by atoms with Gasteiger partial charge in [0.1, 0.15) is 11.4 Å². The number of halogens is 2. The number of carboxylic acid groups (broad SMARTS) is 1. The van der Waals surface area contributed by atoms with Crippen molar-refractivity contribution in [3.05, 3.63) is 0 Å². The predicted octanol–water partition coefficient (Wildman–Crippen LogP) is 0.581. The minimum absolute atomic E-state index is 0.195. The Balaban J connectivity index is 2.85. The van der Waals surface area contributed by atoms with E-state index in [0.29, 0.717) is 0 Å². The van der Waals surface area contributed by atoms with Crippen molar-refractivity contribution in [2.75, 3.05) is 0 Å². The van der Waals surface area contributed by atoms with Crippen LogP contribution in [0.3, 0.4) is 0 Å². The molecule has 0 heterocycles. The van der Waals surface area contributed by atoms with Crippen molar-refractivity contribution in [2.45, 2.75) is 37.2 Å². The topological polar surface area (TPSA) is 74.6 Å². The highest BCUT2D eigenvalue weighted by Gasteiger charge is 2.59. The van der Waals surface area contributed by atoms with Crippen LogP contribution in [0.4, 0.5) is 8.78 Å². The Morgan fingerprint density at radius 1 is 1.36 bits per heavy atom. The number of carbonyl (C=O) groups excluding carboxylic acids is 1. The summed E-state index contributed by atoms with van der Waals surface area (Å²) in [4.78, 5) is 21.0. The van der Waals surface area contributed by atoms with Crippen molar-refractivity contribution < 1.29 is 28.6 Å². The molecule has 0 spiro atoms. The Bertz CT molecular complexity index is 265. The maximum Gasteiger partial charge on any atom is 0.377 e. The first-order valence-electron chi connectivity index (χ1n) is 4.15. The molecule has 0 unspecified atom stereocenters. The molecule has 0 aromatic heterocycles. The van der Waals surface area contributed by atoms with E-state index >= 15 is 0 Å². The quantitative estimate of drug-likeness (QED) is 0.696. The first-order chi connectivity index (χ1) is 6.29. The van der Waals surface area contributed by atoms with Crippen molar-refractivity contribution >= 4 is 11.8 Å². The Hall–Kier alpha value is -1.04. The molecule has 0 bridgehead atoms. The van der Waals surface area contributed by atoms with Crippen LogP contribution in [0.2, 0.25) is 0 Å². The van der Waals surface area contributed by atoms with Crippen LogP contribution in [0.15, 0.2) is 0 Å². The number of ketones is 1. The third-order valence-corrected chi connectivity index (χ3v) is 2.49. The molecular weight excluding hydrogens is 198 g/mol. The van der Waals surface area contributed by atoms with E-state index in [1.165, 1.54) is 0 Å². The monoisotopic (exact) mass is 208 g/mol. The maximum atomic E-state index is 13.0. The third kappa shape index (κ3) is 1.61. The van der Waals surface area contributed by atoms with Gasteiger partial charge in [0.2, 0.25) is 0 Å². The molecular formula is C8H10F2O4. The van der Waals surface area contributed by atoms with Crippen LogP contribution in [0, 0.1) is 0 Å². The first kappa shape index (κ1) is 11.0. The molecule has 1 fully saturated rings. The number of alkyl halides is 2. The van der Waals surface area contributed by atoms with Crippen molar-refractivity contribution in [2.24, 2.45) is 0 Å². The number of hydrogen-bond donors (Lipinski definition) is 2. The largest absolute Gasteiger partial charge is 0.477 e. The summed E-state index contributed by atoms with van der Waals surface area (Å²) in [6.07, 6.45) is -1.38. The molecule has 4 nitrogen and oxygen atoms in total. The second kappa shape index (κ2) is 3.27. The van der Waals surface area contributed by atoms with Gasteiger partial charge in [-0.05, 0) is 12.8 Å². The lowest BCUT2D eigenvalue weighted by atomic mass is 9.79. The lowest BCUT2D eigenvalue weighted by molar-refractivity contribution is -0.215. The summed E-state index contributed by atoms with van der Waals surface area (Å²) in [5.41, 5.74) is -2.58. The molecule has 2 N–H and O–H groups in total. The van der Waals surface area contributed by atoms with Gasteiger partial charge in [-0.15, -0.1) is 0 Å². The number of carboxylic acids is 1. The van der Waals surface area contributed by atoms with Gasteiger partial charge in [-0.25, -0.2) is 4.79 Å². The molecule has 0 saturated heterocycles. The number of Topliss-reactive ketones (excluding diaryl/α,β-unsaturated/α-hetero) is 1. The van der Waals surface area contributed by atoms with E-state index in [9.17, 15) is 23.5 Å². The minimum atomic E-state index is -4.19.